The average molecular weight is 265 g/mol. The molecule has 1 atom stereocenters. The van der Waals surface area contributed by atoms with E-state index in [9.17, 15) is 9.18 Å². The van der Waals surface area contributed by atoms with Gasteiger partial charge in [-0.05, 0) is 43.9 Å². The summed E-state index contributed by atoms with van der Waals surface area (Å²) in [6.45, 7) is 2.83. The van der Waals surface area contributed by atoms with Crippen molar-refractivity contribution in [3.05, 3.63) is 29.6 Å². The molecule has 1 saturated heterocycles. The van der Waals surface area contributed by atoms with Crippen molar-refractivity contribution in [1.29, 1.82) is 0 Å². The largest absolute Gasteiger partial charge is 0.496 e. The molecule has 2 rings (SSSR count). The summed E-state index contributed by atoms with van der Waals surface area (Å²) in [5, 5.41) is 0. The number of rotatable bonds is 3. The van der Waals surface area contributed by atoms with E-state index in [-0.39, 0.29) is 11.9 Å². The van der Waals surface area contributed by atoms with Crippen molar-refractivity contribution in [2.24, 2.45) is 0 Å². The number of carbonyl (C=O) groups excluding carboxylic acids is 1. The van der Waals surface area contributed by atoms with Crippen LogP contribution in [0.1, 0.15) is 43.0 Å². The molecule has 0 aromatic heterocycles. The van der Waals surface area contributed by atoms with E-state index < -0.39 is 5.82 Å². The van der Waals surface area contributed by atoms with Crippen LogP contribution in [0.4, 0.5) is 4.39 Å². The molecule has 0 aliphatic carbocycles. The van der Waals surface area contributed by atoms with Crippen LogP contribution >= 0.6 is 0 Å². The second-order valence-corrected chi connectivity index (χ2v) is 4.90. The van der Waals surface area contributed by atoms with E-state index in [0.717, 1.165) is 32.2 Å². The van der Waals surface area contributed by atoms with Crippen LogP contribution in [0.3, 0.4) is 0 Å². The Kier molecular flexibility index (Phi) is 4.40. The van der Waals surface area contributed by atoms with Crippen molar-refractivity contribution in [2.45, 2.75) is 38.6 Å². The number of methoxy groups -OCH3 is 1. The van der Waals surface area contributed by atoms with E-state index in [1.165, 1.54) is 25.3 Å². The van der Waals surface area contributed by atoms with Gasteiger partial charge in [0.05, 0.1) is 12.7 Å². The fraction of sp³-hybridized carbons (Fsp3) is 0.533. The number of benzene rings is 1. The highest BCUT2D eigenvalue weighted by Crippen LogP contribution is 2.26. The van der Waals surface area contributed by atoms with Gasteiger partial charge in [-0.25, -0.2) is 4.39 Å². The maximum absolute atomic E-state index is 13.4. The third-order valence-corrected chi connectivity index (χ3v) is 3.75. The number of ether oxygens (including phenoxy) is 1. The van der Waals surface area contributed by atoms with E-state index in [1.54, 1.807) is 0 Å². The third-order valence-electron chi connectivity index (χ3n) is 3.75. The van der Waals surface area contributed by atoms with Gasteiger partial charge in [0.15, 0.2) is 0 Å². The Labute approximate surface area is 113 Å². The maximum Gasteiger partial charge on any atom is 0.257 e. The highest BCUT2D eigenvalue weighted by Gasteiger charge is 2.28. The number of halogens is 1. The zero-order valence-electron chi connectivity index (χ0n) is 11.5. The molecule has 104 valence electrons. The molecule has 1 aromatic carbocycles. The summed E-state index contributed by atoms with van der Waals surface area (Å²) < 4.78 is 18.5. The lowest BCUT2D eigenvalue weighted by atomic mass is 9.98. The van der Waals surface area contributed by atoms with Crippen molar-refractivity contribution in [2.75, 3.05) is 13.7 Å². The molecule has 0 saturated carbocycles. The van der Waals surface area contributed by atoms with E-state index >= 15 is 0 Å². The van der Waals surface area contributed by atoms with E-state index in [0.29, 0.717) is 11.3 Å². The zero-order chi connectivity index (χ0) is 13.8. The molecular formula is C15H20FNO2. The summed E-state index contributed by atoms with van der Waals surface area (Å²) in [4.78, 5) is 14.4. The maximum atomic E-state index is 13.4. The highest BCUT2D eigenvalue weighted by molar-refractivity contribution is 5.97. The Hall–Kier alpha value is -1.58. The van der Waals surface area contributed by atoms with Crippen molar-refractivity contribution >= 4 is 5.91 Å². The molecule has 0 N–H and O–H groups in total. The lowest BCUT2D eigenvalue weighted by molar-refractivity contribution is 0.0604. The first-order valence-corrected chi connectivity index (χ1v) is 6.82. The SMILES string of the molecule is CCC1CCCCN1C(=O)c1cc(F)ccc1OC. The van der Waals surface area contributed by atoms with Crippen LogP contribution < -0.4 is 4.74 Å². The van der Waals surface area contributed by atoms with Crippen LogP contribution in [0, 0.1) is 5.82 Å². The fourth-order valence-electron chi connectivity index (χ4n) is 2.69. The lowest BCUT2D eigenvalue weighted by Crippen LogP contribution is -2.43. The molecule has 1 heterocycles. The van der Waals surface area contributed by atoms with Gasteiger partial charge in [-0.15, -0.1) is 0 Å². The van der Waals surface area contributed by atoms with Crippen LogP contribution in [-0.4, -0.2) is 30.5 Å². The van der Waals surface area contributed by atoms with Crippen molar-refractivity contribution in [3.63, 3.8) is 0 Å². The Bertz CT molecular complexity index is 461. The summed E-state index contributed by atoms with van der Waals surface area (Å²) >= 11 is 0. The average Bonchev–Trinajstić information content (AvgIpc) is 2.46. The lowest BCUT2D eigenvalue weighted by Gasteiger charge is -2.35. The summed E-state index contributed by atoms with van der Waals surface area (Å²) in [5.74, 6) is -0.0936. The first-order chi connectivity index (χ1) is 9.17. The van der Waals surface area contributed by atoms with E-state index in [4.69, 9.17) is 4.74 Å². The van der Waals surface area contributed by atoms with Gasteiger partial charge in [0.2, 0.25) is 0 Å². The van der Waals surface area contributed by atoms with Gasteiger partial charge >= 0.3 is 0 Å². The van der Waals surface area contributed by atoms with Gasteiger partial charge < -0.3 is 9.64 Å². The standard InChI is InChI=1S/C15H20FNO2/c1-3-12-6-4-5-9-17(12)15(18)13-10-11(16)7-8-14(13)19-2/h7-8,10,12H,3-6,9H2,1-2H3. The van der Waals surface area contributed by atoms with Gasteiger partial charge in [-0.2, -0.15) is 0 Å². The molecule has 19 heavy (non-hydrogen) atoms. The van der Waals surface area contributed by atoms with Crippen molar-refractivity contribution in [1.82, 2.24) is 4.90 Å². The molecule has 3 nitrogen and oxygen atoms in total. The molecule has 1 aliphatic heterocycles. The third kappa shape index (κ3) is 2.88. The van der Waals surface area contributed by atoms with Gasteiger partial charge in [0, 0.05) is 12.6 Å². The quantitative estimate of drug-likeness (QED) is 0.839. The van der Waals surface area contributed by atoms with Crippen LogP contribution in [0.15, 0.2) is 18.2 Å². The Balaban J connectivity index is 2.29. The predicted molar refractivity (Wildman–Crippen MR) is 71.9 cm³/mol. The molecule has 0 bridgehead atoms. The van der Waals surface area contributed by atoms with Crippen molar-refractivity contribution in [3.8, 4) is 5.75 Å². The van der Waals surface area contributed by atoms with Gasteiger partial charge in [-0.3, -0.25) is 4.79 Å². The van der Waals surface area contributed by atoms with Crippen LogP contribution in [-0.2, 0) is 0 Å². The van der Waals surface area contributed by atoms with E-state index in [1.807, 2.05) is 4.90 Å². The number of likely N-dealkylation sites (tertiary alicyclic amines) is 1. The summed E-state index contributed by atoms with van der Waals surface area (Å²) in [6, 6.07) is 4.34. The minimum atomic E-state index is -0.408. The zero-order valence-corrected chi connectivity index (χ0v) is 11.5. The predicted octanol–water partition coefficient (Wildman–Crippen LogP) is 3.24. The molecule has 4 heteroatoms. The minimum Gasteiger partial charge on any atom is -0.496 e. The smallest absolute Gasteiger partial charge is 0.257 e. The molecular weight excluding hydrogens is 245 g/mol. The first-order valence-electron chi connectivity index (χ1n) is 6.82. The minimum absolute atomic E-state index is 0.122. The number of amides is 1. The van der Waals surface area contributed by atoms with Crippen LogP contribution in [0.25, 0.3) is 0 Å². The summed E-state index contributed by atoms with van der Waals surface area (Å²) in [7, 11) is 1.50. The Morgan fingerprint density at radius 2 is 2.26 bits per heavy atom. The number of carbonyl (C=O) groups is 1. The Morgan fingerprint density at radius 1 is 1.47 bits per heavy atom. The molecule has 0 spiro atoms. The van der Waals surface area contributed by atoms with Crippen LogP contribution in [0.5, 0.6) is 5.75 Å². The molecule has 0 radical (unpaired) electrons. The number of hydrogen-bond acceptors (Lipinski definition) is 2. The molecule has 1 aromatic rings. The monoisotopic (exact) mass is 265 g/mol. The topological polar surface area (TPSA) is 29.5 Å². The molecule has 1 unspecified atom stereocenters. The van der Waals surface area contributed by atoms with Gasteiger partial charge in [0.1, 0.15) is 11.6 Å². The second-order valence-electron chi connectivity index (χ2n) is 4.90. The number of nitrogens with zero attached hydrogens (tertiary/aromatic N) is 1. The highest BCUT2D eigenvalue weighted by atomic mass is 19.1. The fourth-order valence-corrected chi connectivity index (χ4v) is 2.69. The Morgan fingerprint density at radius 3 is 2.95 bits per heavy atom. The summed E-state index contributed by atoms with van der Waals surface area (Å²) in [6.07, 6.45) is 4.13. The van der Waals surface area contributed by atoms with E-state index in [2.05, 4.69) is 6.92 Å². The number of hydrogen-bond donors (Lipinski definition) is 0. The normalized spacial score (nSPS) is 19.3. The second kappa shape index (κ2) is 6.04. The first kappa shape index (κ1) is 13.8. The van der Waals surface area contributed by atoms with Gasteiger partial charge in [-0.1, -0.05) is 6.92 Å². The van der Waals surface area contributed by atoms with Gasteiger partial charge in [0.25, 0.3) is 5.91 Å². The van der Waals surface area contributed by atoms with Crippen LogP contribution in [0.2, 0.25) is 0 Å². The number of piperidine rings is 1. The van der Waals surface area contributed by atoms with Crippen molar-refractivity contribution < 1.29 is 13.9 Å². The summed E-state index contributed by atoms with van der Waals surface area (Å²) in [5.41, 5.74) is 0.322. The molecule has 1 aliphatic rings. The molecule has 1 amide bonds. The molecule has 1 fully saturated rings.